The SMILES string of the molecule is CCCCCCCCC(=O)OCC(C)(C)CO.O=C1OC(=O)c2ccccc21.OCC(CO)(CO)CO. The van der Waals surface area contributed by atoms with Crippen molar-refractivity contribution in [2.45, 2.75) is 65.7 Å². The maximum atomic E-state index is 11.4. The highest BCUT2D eigenvalue weighted by molar-refractivity contribution is 6.14. The normalized spacial score (nSPS) is 12.5. The number of cyclic esters (lactones) is 2. The molecule has 0 unspecified atom stereocenters. The summed E-state index contributed by atoms with van der Waals surface area (Å²) in [5.74, 6) is -1.24. The predicted octanol–water partition coefficient (Wildman–Crippen LogP) is 2.24. The Balaban J connectivity index is 0.000000557. The summed E-state index contributed by atoms with van der Waals surface area (Å²) in [7, 11) is 0. The van der Waals surface area contributed by atoms with Crippen molar-refractivity contribution in [1.29, 1.82) is 0 Å². The van der Waals surface area contributed by atoms with E-state index in [-0.39, 0.29) is 18.0 Å². The third-order valence-corrected chi connectivity index (χ3v) is 5.68. The van der Waals surface area contributed by atoms with Gasteiger partial charge in [-0.25, -0.2) is 9.59 Å². The number of rotatable bonds is 14. The van der Waals surface area contributed by atoms with E-state index in [1.165, 1.54) is 25.7 Å². The van der Waals surface area contributed by atoms with Gasteiger partial charge in [0.15, 0.2) is 0 Å². The van der Waals surface area contributed by atoms with Gasteiger partial charge in [-0.15, -0.1) is 0 Å². The average Bonchev–Trinajstić information content (AvgIpc) is 3.21. The molecule has 0 atom stereocenters. The van der Waals surface area contributed by atoms with Gasteiger partial charge in [-0.1, -0.05) is 65.0 Å². The Morgan fingerprint density at radius 1 is 0.784 bits per heavy atom. The monoisotopic (exact) mass is 528 g/mol. The summed E-state index contributed by atoms with van der Waals surface area (Å²) in [5, 5.41) is 43.0. The van der Waals surface area contributed by atoms with Gasteiger partial charge in [0.2, 0.25) is 0 Å². The fraction of sp³-hybridized carbons (Fsp3) is 0.667. The average molecular weight is 529 g/mol. The van der Waals surface area contributed by atoms with E-state index in [9.17, 15) is 14.4 Å². The second kappa shape index (κ2) is 18.8. The molecule has 1 aromatic rings. The molecule has 0 aromatic heterocycles. The maximum absolute atomic E-state index is 11.4. The summed E-state index contributed by atoms with van der Waals surface area (Å²) in [4.78, 5) is 33.1. The smallest absolute Gasteiger partial charge is 0.346 e. The number of aliphatic hydroxyl groups is 5. The molecule has 212 valence electrons. The van der Waals surface area contributed by atoms with E-state index in [1.54, 1.807) is 24.3 Å². The highest BCUT2D eigenvalue weighted by atomic mass is 16.6. The van der Waals surface area contributed by atoms with E-state index in [4.69, 9.17) is 30.3 Å². The predicted molar refractivity (Wildman–Crippen MR) is 137 cm³/mol. The molecule has 0 saturated heterocycles. The quantitative estimate of drug-likeness (QED) is 0.137. The highest BCUT2D eigenvalue weighted by Gasteiger charge is 2.28. The first-order valence-electron chi connectivity index (χ1n) is 12.6. The van der Waals surface area contributed by atoms with Gasteiger partial charge in [0.05, 0.1) is 56.2 Å². The molecule has 5 N–H and O–H groups in total. The van der Waals surface area contributed by atoms with Crippen LogP contribution in [0.5, 0.6) is 0 Å². The Bertz CT molecular complexity index is 752. The lowest BCUT2D eigenvalue weighted by atomic mass is 9.93. The zero-order chi connectivity index (χ0) is 28.3. The zero-order valence-electron chi connectivity index (χ0n) is 22.3. The highest BCUT2D eigenvalue weighted by Crippen LogP contribution is 2.18. The molecule has 0 spiro atoms. The van der Waals surface area contributed by atoms with Crippen molar-refractivity contribution in [3.63, 3.8) is 0 Å². The van der Waals surface area contributed by atoms with Crippen molar-refractivity contribution in [3.8, 4) is 0 Å². The number of hydrogen-bond acceptors (Lipinski definition) is 10. The van der Waals surface area contributed by atoms with Crippen molar-refractivity contribution < 1.29 is 49.4 Å². The Hall–Kier alpha value is -2.37. The second-order valence-corrected chi connectivity index (χ2v) is 9.86. The summed E-state index contributed by atoms with van der Waals surface area (Å²) in [5.41, 5.74) is -0.716. The van der Waals surface area contributed by atoms with E-state index in [2.05, 4.69) is 11.7 Å². The summed E-state index contributed by atoms with van der Waals surface area (Å²) >= 11 is 0. The number of unbranched alkanes of at least 4 members (excludes halogenated alkanes) is 5. The van der Waals surface area contributed by atoms with E-state index in [0.717, 1.165) is 12.8 Å². The van der Waals surface area contributed by atoms with Crippen molar-refractivity contribution in [1.82, 2.24) is 0 Å². The molecule has 1 aliphatic heterocycles. The van der Waals surface area contributed by atoms with Crippen LogP contribution >= 0.6 is 0 Å². The molecule has 37 heavy (non-hydrogen) atoms. The van der Waals surface area contributed by atoms with Crippen molar-refractivity contribution in [2.24, 2.45) is 10.8 Å². The zero-order valence-corrected chi connectivity index (χ0v) is 22.3. The van der Waals surface area contributed by atoms with Gasteiger partial charge in [-0.3, -0.25) is 4.79 Å². The molecule has 0 aliphatic carbocycles. The number of esters is 3. The fourth-order valence-corrected chi connectivity index (χ4v) is 2.78. The molecule has 1 aliphatic rings. The van der Waals surface area contributed by atoms with Gasteiger partial charge in [-0.2, -0.15) is 0 Å². The topological polar surface area (TPSA) is 171 Å². The lowest BCUT2D eigenvalue weighted by Crippen LogP contribution is -2.37. The number of ether oxygens (including phenoxy) is 2. The molecule has 0 bridgehead atoms. The van der Waals surface area contributed by atoms with Crippen molar-refractivity contribution >= 4 is 17.9 Å². The van der Waals surface area contributed by atoms with Crippen LogP contribution in [-0.4, -0.2) is 83.1 Å². The molecule has 1 aromatic carbocycles. The van der Waals surface area contributed by atoms with Crippen LogP contribution in [0.4, 0.5) is 0 Å². The van der Waals surface area contributed by atoms with Gasteiger partial charge in [0.1, 0.15) is 0 Å². The second-order valence-electron chi connectivity index (χ2n) is 9.86. The van der Waals surface area contributed by atoms with E-state index in [0.29, 0.717) is 24.2 Å². The lowest BCUT2D eigenvalue weighted by Gasteiger charge is -2.23. The standard InChI is InChI=1S/C14H28O3.C8H4O3.C5H12O4/c1-4-5-6-7-8-9-10-13(16)17-12-14(2,3)11-15;9-7-5-3-1-2-4-6(5)8(10)11-7;6-1-5(2-7,3-8)4-9/h15H,4-12H2,1-3H3;1-4H;6-9H,1-4H2. The van der Waals surface area contributed by atoms with Crippen LogP contribution in [0.25, 0.3) is 0 Å². The van der Waals surface area contributed by atoms with Crippen LogP contribution < -0.4 is 0 Å². The molecule has 10 nitrogen and oxygen atoms in total. The van der Waals surface area contributed by atoms with E-state index < -0.39 is 43.8 Å². The molecule has 1 heterocycles. The molecule has 0 saturated carbocycles. The van der Waals surface area contributed by atoms with Crippen LogP contribution in [-0.2, 0) is 14.3 Å². The number of fused-ring (bicyclic) bond motifs is 1. The molecule has 0 fully saturated rings. The number of benzene rings is 1. The Morgan fingerprint density at radius 3 is 1.65 bits per heavy atom. The first-order valence-corrected chi connectivity index (χ1v) is 12.6. The van der Waals surface area contributed by atoms with Crippen LogP contribution in [0.15, 0.2) is 24.3 Å². The van der Waals surface area contributed by atoms with E-state index in [1.807, 2.05) is 13.8 Å². The maximum Gasteiger partial charge on any atom is 0.346 e. The Kier molecular flexibility index (Phi) is 17.6. The number of carbonyl (C=O) groups is 3. The van der Waals surface area contributed by atoms with Crippen molar-refractivity contribution in [2.75, 3.05) is 39.6 Å². The Labute approximate surface area is 219 Å². The van der Waals surface area contributed by atoms with Crippen LogP contribution in [0, 0.1) is 10.8 Å². The summed E-state index contributed by atoms with van der Waals surface area (Å²) < 4.78 is 9.48. The van der Waals surface area contributed by atoms with Crippen LogP contribution in [0.2, 0.25) is 0 Å². The molecular weight excluding hydrogens is 484 g/mol. The molecule has 10 heteroatoms. The van der Waals surface area contributed by atoms with Crippen molar-refractivity contribution in [3.05, 3.63) is 35.4 Å². The lowest BCUT2D eigenvalue weighted by molar-refractivity contribution is -0.147. The number of carbonyl (C=O) groups excluding carboxylic acids is 3. The third kappa shape index (κ3) is 13.7. The third-order valence-electron chi connectivity index (χ3n) is 5.68. The summed E-state index contributed by atoms with van der Waals surface area (Å²) in [6.45, 7) is 4.67. The molecule has 0 radical (unpaired) electrons. The largest absolute Gasteiger partial charge is 0.465 e. The minimum absolute atomic E-state index is 0.0390. The fourth-order valence-electron chi connectivity index (χ4n) is 2.78. The van der Waals surface area contributed by atoms with Gasteiger partial charge >= 0.3 is 17.9 Å². The van der Waals surface area contributed by atoms with E-state index >= 15 is 0 Å². The first-order chi connectivity index (χ1) is 17.5. The first kappa shape index (κ1) is 34.6. The van der Waals surface area contributed by atoms with Gasteiger partial charge < -0.3 is 35.0 Å². The van der Waals surface area contributed by atoms with Gasteiger partial charge in [0, 0.05) is 11.8 Å². The summed E-state index contributed by atoms with van der Waals surface area (Å²) in [6.07, 6.45) is 7.55. The van der Waals surface area contributed by atoms with Crippen LogP contribution in [0.1, 0.15) is 86.4 Å². The van der Waals surface area contributed by atoms with Gasteiger partial charge in [0.25, 0.3) is 0 Å². The summed E-state index contributed by atoms with van der Waals surface area (Å²) in [6, 6.07) is 6.53. The minimum Gasteiger partial charge on any atom is -0.465 e. The number of hydrogen-bond donors (Lipinski definition) is 5. The minimum atomic E-state index is -1.11. The number of aliphatic hydroxyl groups excluding tert-OH is 5. The Morgan fingerprint density at radius 2 is 1.24 bits per heavy atom. The van der Waals surface area contributed by atoms with Gasteiger partial charge in [-0.05, 0) is 18.6 Å². The molecular formula is C27H44O10. The van der Waals surface area contributed by atoms with Crippen LogP contribution in [0.3, 0.4) is 0 Å². The molecule has 0 amide bonds. The molecule has 2 rings (SSSR count).